The number of phenolic OH excluding ortho intramolecular Hbond substituents is 1. The maximum Gasteiger partial charge on any atom is 0.220 e. The zero-order valence-corrected chi connectivity index (χ0v) is 15.1. The van der Waals surface area contributed by atoms with Gasteiger partial charge >= 0.3 is 0 Å². The number of nitrogens with one attached hydrogen (secondary N) is 1. The first-order valence-electron chi connectivity index (χ1n) is 8.59. The van der Waals surface area contributed by atoms with Crippen LogP contribution in [0.1, 0.15) is 50.0 Å². The Kier molecular flexibility index (Phi) is 6.21. The monoisotopic (exact) mass is 341 g/mol. The minimum atomic E-state index is -0.733. The Morgan fingerprint density at radius 3 is 2.32 bits per heavy atom. The van der Waals surface area contributed by atoms with Crippen LogP contribution in [0.25, 0.3) is 0 Å². The average molecular weight is 341 g/mol. The van der Waals surface area contributed by atoms with Crippen LogP contribution in [0.15, 0.2) is 48.5 Å². The first-order valence-corrected chi connectivity index (χ1v) is 8.59. The van der Waals surface area contributed by atoms with Gasteiger partial charge in [0.2, 0.25) is 5.91 Å². The maximum absolute atomic E-state index is 11.9. The highest BCUT2D eigenvalue weighted by atomic mass is 16.3. The number of amides is 1. The van der Waals surface area contributed by atoms with Gasteiger partial charge in [0.15, 0.2) is 0 Å². The number of aromatic hydroxyl groups is 1. The third kappa shape index (κ3) is 5.61. The van der Waals surface area contributed by atoms with Gasteiger partial charge in [0.25, 0.3) is 0 Å². The minimum absolute atomic E-state index is 0.0701. The first kappa shape index (κ1) is 19.0. The fraction of sp³-hybridized carbons (Fsp3) is 0.381. The van der Waals surface area contributed by atoms with Gasteiger partial charge in [-0.2, -0.15) is 0 Å². The summed E-state index contributed by atoms with van der Waals surface area (Å²) in [6.07, 6.45) is 0.00499. The number of carbonyl (C=O) groups is 1. The summed E-state index contributed by atoms with van der Waals surface area (Å²) in [6, 6.07) is 14.8. The third-order valence-electron chi connectivity index (χ3n) is 4.27. The van der Waals surface area contributed by atoms with Crippen molar-refractivity contribution in [2.45, 2.75) is 45.1 Å². The molecule has 134 valence electrons. The molecule has 1 amide bonds. The Labute approximate surface area is 149 Å². The summed E-state index contributed by atoms with van der Waals surface area (Å²) in [5.41, 5.74) is 2.81. The fourth-order valence-electron chi connectivity index (χ4n) is 2.59. The van der Waals surface area contributed by atoms with Crippen LogP contribution < -0.4 is 5.32 Å². The molecule has 2 aromatic carbocycles. The van der Waals surface area contributed by atoms with Crippen molar-refractivity contribution in [2.24, 2.45) is 0 Å². The predicted molar refractivity (Wildman–Crippen MR) is 99.5 cm³/mol. The van der Waals surface area contributed by atoms with Gasteiger partial charge in [0, 0.05) is 13.0 Å². The Morgan fingerprint density at radius 1 is 1.08 bits per heavy atom. The smallest absolute Gasteiger partial charge is 0.220 e. The van der Waals surface area contributed by atoms with Crippen LogP contribution in [0.4, 0.5) is 0 Å². The Balaban J connectivity index is 1.82. The fourth-order valence-corrected chi connectivity index (χ4v) is 2.59. The molecule has 2 aromatic rings. The van der Waals surface area contributed by atoms with Gasteiger partial charge in [-0.05, 0) is 34.6 Å². The van der Waals surface area contributed by atoms with Gasteiger partial charge in [-0.3, -0.25) is 4.79 Å². The van der Waals surface area contributed by atoms with Crippen molar-refractivity contribution < 1.29 is 15.0 Å². The van der Waals surface area contributed by atoms with E-state index >= 15 is 0 Å². The Bertz CT molecular complexity index is 702. The standard InChI is InChI=1S/C21H27NO3/c1-21(2,3)17-11-8-16(9-12-17)19(24)14-22-20(25)13-10-15-6-4-5-7-18(15)23/h4-9,11-12,19,23-24H,10,13-14H2,1-3H3,(H,22,25). The highest BCUT2D eigenvalue weighted by molar-refractivity contribution is 5.76. The molecule has 0 bridgehead atoms. The quantitative estimate of drug-likeness (QED) is 0.753. The van der Waals surface area contributed by atoms with Crippen LogP contribution >= 0.6 is 0 Å². The van der Waals surface area contributed by atoms with E-state index in [-0.39, 0.29) is 30.0 Å². The number of hydrogen-bond donors (Lipinski definition) is 3. The molecule has 0 saturated heterocycles. The lowest BCUT2D eigenvalue weighted by Crippen LogP contribution is -2.28. The van der Waals surface area contributed by atoms with E-state index in [2.05, 4.69) is 26.1 Å². The van der Waals surface area contributed by atoms with Crippen molar-refractivity contribution in [3.63, 3.8) is 0 Å². The lowest BCUT2D eigenvalue weighted by molar-refractivity contribution is -0.121. The molecule has 2 rings (SSSR count). The summed E-state index contributed by atoms with van der Waals surface area (Å²) in [6.45, 7) is 6.60. The summed E-state index contributed by atoms with van der Waals surface area (Å²) in [5.74, 6) is 0.0582. The third-order valence-corrected chi connectivity index (χ3v) is 4.27. The van der Waals surface area contributed by atoms with Crippen LogP contribution in [-0.2, 0) is 16.6 Å². The number of benzene rings is 2. The van der Waals surface area contributed by atoms with Gasteiger partial charge in [-0.15, -0.1) is 0 Å². The van der Waals surface area contributed by atoms with E-state index in [1.165, 1.54) is 5.56 Å². The number of phenols is 1. The number of para-hydroxylation sites is 1. The Hall–Kier alpha value is -2.33. The van der Waals surface area contributed by atoms with E-state index in [4.69, 9.17) is 0 Å². The molecule has 25 heavy (non-hydrogen) atoms. The number of aryl methyl sites for hydroxylation is 1. The second kappa shape index (κ2) is 8.17. The molecular weight excluding hydrogens is 314 g/mol. The lowest BCUT2D eigenvalue weighted by Gasteiger charge is -2.20. The second-order valence-electron chi connectivity index (χ2n) is 7.32. The molecule has 4 nitrogen and oxygen atoms in total. The normalized spacial score (nSPS) is 12.6. The minimum Gasteiger partial charge on any atom is -0.508 e. The number of hydrogen-bond acceptors (Lipinski definition) is 3. The molecular formula is C21H27NO3. The van der Waals surface area contributed by atoms with Gasteiger partial charge in [0.05, 0.1) is 6.10 Å². The van der Waals surface area contributed by atoms with Crippen molar-refractivity contribution >= 4 is 5.91 Å². The number of aliphatic hydroxyl groups excluding tert-OH is 1. The van der Waals surface area contributed by atoms with Crippen molar-refractivity contribution in [2.75, 3.05) is 6.54 Å². The molecule has 4 heteroatoms. The number of carbonyl (C=O) groups excluding carboxylic acids is 1. The largest absolute Gasteiger partial charge is 0.508 e. The van der Waals surface area contributed by atoms with Crippen LogP contribution in [0.5, 0.6) is 5.75 Å². The SMILES string of the molecule is CC(C)(C)c1ccc(C(O)CNC(=O)CCc2ccccc2O)cc1. The summed E-state index contributed by atoms with van der Waals surface area (Å²) < 4.78 is 0. The Morgan fingerprint density at radius 2 is 1.72 bits per heavy atom. The highest BCUT2D eigenvalue weighted by Gasteiger charge is 2.15. The summed E-state index contributed by atoms with van der Waals surface area (Å²) >= 11 is 0. The lowest BCUT2D eigenvalue weighted by atomic mass is 9.86. The van der Waals surface area contributed by atoms with E-state index < -0.39 is 6.10 Å². The van der Waals surface area contributed by atoms with Crippen molar-refractivity contribution in [3.05, 3.63) is 65.2 Å². The van der Waals surface area contributed by atoms with Gasteiger partial charge < -0.3 is 15.5 Å². The first-order chi connectivity index (χ1) is 11.8. The van der Waals surface area contributed by atoms with Crippen molar-refractivity contribution in [1.29, 1.82) is 0 Å². The van der Waals surface area contributed by atoms with Gasteiger partial charge in [-0.1, -0.05) is 63.2 Å². The molecule has 0 heterocycles. The zero-order valence-electron chi connectivity index (χ0n) is 15.1. The average Bonchev–Trinajstić information content (AvgIpc) is 2.58. The maximum atomic E-state index is 11.9. The van der Waals surface area contributed by atoms with E-state index in [1.807, 2.05) is 30.3 Å². The molecule has 1 atom stereocenters. The molecule has 0 aromatic heterocycles. The van der Waals surface area contributed by atoms with E-state index in [0.717, 1.165) is 11.1 Å². The van der Waals surface area contributed by atoms with Crippen molar-refractivity contribution in [3.8, 4) is 5.75 Å². The molecule has 0 aliphatic carbocycles. The molecule has 1 unspecified atom stereocenters. The topological polar surface area (TPSA) is 69.6 Å². The molecule has 3 N–H and O–H groups in total. The van der Waals surface area contributed by atoms with Gasteiger partial charge in [-0.25, -0.2) is 0 Å². The highest BCUT2D eigenvalue weighted by Crippen LogP contribution is 2.24. The van der Waals surface area contributed by atoms with Crippen LogP contribution in [0.3, 0.4) is 0 Å². The molecule has 0 saturated carbocycles. The molecule has 0 spiro atoms. The predicted octanol–water partition coefficient (Wildman–Crippen LogP) is 3.47. The number of aliphatic hydroxyl groups is 1. The van der Waals surface area contributed by atoms with E-state index in [0.29, 0.717) is 6.42 Å². The number of rotatable bonds is 6. The molecule has 0 radical (unpaired) electrons. The summed E-state index contributed by atoms with van der Waals surface area (Å²) in [7, 11) is 0. The van der Waals surface area contributed by atoms with E-state index in [9.17, 15) is 15.0 Å². The molecule has 0 fully saturated rings. The molecule has 0 aliphatic heterocycles. The van der Waals surface area contributed by atoms with Crippen LogP contribution in [0.2, 0.25) is 0 Å². The summed E-state index contributed by atoms with van der Waals surface area (Å²) in [5, 5.41) is 22.7. The van der Waals surface area contributed by atoms with Crippen LogP contribution in [0, 0.1) is 0 Å². The van der Waals surface area contributed by atoms with Crippen molar-refractivity contribution in [1.82, 2.24) is 5.32 Å². The summed E-state index contributed by atoms with van der Waals surface area (Å²) in [4.78, 5) is 11.9. The van der Waals surface area contributed by atoms with E-state index in [1.54, 1.807) is 18.2 Å². The van der Waals surface area contributed by atoms with Gasteiger partial charge in [0.1, 0.15) is 5.75 Å². The second-order valence-corrected chi connectivity index (χ2v) is 7.32. The molecule has 0 aliphatic rings. The zero-order chi connectivity index (χ0) is 18.4. The van der Waals surface area contributed by atoms with Crippen LogP contribution in [-0.4, -0.2) is 22.7 Å².